The van der Waals surface area contributed by atoms with Crippen LogP contribution in [-0.4, -0.2) is 69.8 Å². The number of ether oxygens (including phenoxy) is 1. The van der Waals surface area contributed by atoms with Gasteiger partial charge in [0.05, 0.1) is 18.2 Å². The summed E-state index contributed by atoms with van der Waals surface area (Å²) in [5.74, 6) is 1.78. The van der Waals surface area contributed by atoms with Gasteiger partial charge in [-0.2, -0.15) is 0 Å². The van der Waals surface area contributed by atoms with Crippen LogP contribution in [0.1, 0.15) is 0 Å². The zero-order valence-electron chi connectivity index (χ0n) is 18.8. The molecule has 4 aromatic rings. The minimum absolute atomic E-state index is 0.111. The van der Waals surface area contributed by atoms with Gasteiger partial charge in [-0.25, -0.2) is 19.9 Å². The first-order valence-electron chi connectivity index (χ1n) is 11.0. The van der Waals surface area contributed by atoms with E-state index in [0.29, 0.717) is 35.3 Å². The Morgan fingerprint density at radius 2 is 1.74 bits per heavy atom. The number of carbonyl (C=O) groups excluding carboxylic acids is 1. The van der Waals surface area contributed by atoms with Crippen LogP contribution in [0.4, 0.5) is 5.69 Å². The summed E-state index contributed by atoms with van der Waals surface area (Å²) in [5, 5.41) is 1.45. The quantitative estimate of drug-likeness (QED) is 0.311. The van der Waals surface area contributed by atoms with E-state index in [1.54, 1.807) is 13.3 Å². The number of amides is 1. The molecule has 1 amide bonds. The zero-order chi connectivity index (χ0) is 23.3. The molecule has 1 aliphatic heterocycles. The number of para-hydroxylation sites is 1. The molecule has 5 rings (SSSR count). The van der Waals surface area contributed by atoms with Crippen molar-refractivity contribution in [3.05, 3.63) is 67.1 Å². The molecule has 3 heterocycles. The first-order chi connectivity index (χ1) is 16.7. The first kappa shape index (κ1) is 22.1. The number of hydrogen-bond acceptors (Lipinski definition) is 8. The van der Waals surface area contributed by atoms with Gasteiger partial charge in [0.2, 0.25) is 5.91 Å². The van der Waals surface area contributed by atoms with Gasteiger partial charge in [0.1, 0.15) is 17.1 Å². The maximum absolute atomic E-state index is 12.8. The summed E-state index contributed by atoms with van der Waals surface area (Å²) in [4.78, 5) is 34.9. The topological polar surface area (TPSA) is 84.3 Å². The lowest BCUT2D eigenvalue weighted by Gasteiger charge is -2.36. The van der Waals surface area contributed by atoms with Gasteiger partial charge >= 0.3 is 0 Å². The van der Waals surface area contributed by atoms with Gasteiger partial charge in [-0.15, -0.1) is 0 Å². The van der Waals surface area contributed by atoms with Gasteiger partial charge in [0, 0.05) is 43.6 Å². The normalized spacial score (nSPS) is 13.8. The van der Waals surface area contributed by atoms with Crippen LogP contribution in [0.3, 0.4) is 0 Å². The second-order valence-corrected chi connectivity index (χ2v) is 8.79. The van der Waals surface area contributed by atoms with Gasteiger partial charge < -0.3 is 14.5 Å². The number of fused-ring (bicyclic) bond motifs is 1. The Kier molecular flexibility index (Phi) is 6.53. The van der Waals surface area contributed by atoms with E-state index in [1.165, 1.54) is 23.8 Å². The molecule has 0 atom stereocenters. The maximum Gasteiger partial charge on any atom is 0.233 e. The van der Waals surface area contributed by atoms with E-state index in [2.05, 4.69) is 37.0 Å². The molecular weight excluding hydrogens is 448 g/mol. The SMILES string of the molecule is COc1ccc(-c2ncc3c(SCC(=O)N4CCN(c5ccccc5)CC4)ncnc3n2)cc1. The Morgan fingerprint density at radius 1 is 0.971 bits per heavy atom. The molecule has 0 bridgehead atoms. The van der Waals surface area contributed by atoms with Gasteiger partial charge in [0.25, 0.3) is 0 Å². The van der Waals surface area contributed by atoms with Crippen molar-refractivity contribution in [2.75, 3.05) is 43.9 Å². The lowest BCUT2D eigenvalue weighted by atomic mass is 10.2. The van der Waals surface area contributed by atoms with Crippen molar-refractivity contribution in [2.45, 2.75) is 5.03 Å². The van der Waals surface area contributed by atoms with Gasteiger partial charge in [0.15, 0.2) is 11.5 Å². The highest BCUT2D eigenvalue weighted by Crippen LogP contribution is 2.26. The van der Waals surface area contributed by atoms with Gasteiger partial charge in [-0.3, -0.25) is 4.79 Å². The van der Waals surface area contributed by atoms with E-state index in [0.717, 1.165) is 29.8 Å². The minimum Gasteiger partial charge on any atom is -0.497 e. The molecule has 9 heteroatoms. The summed E-state index contributed by atoms with van der Waals surface area (Å²) in [6, 6.07) is 17.9. The van der Waals surface area contributed by atoms with E-state index in [-0.39, 0.29) is 5.91 Å². The van der Waals surface area contributed by atoms with Crippen molar-refractivity contribution >= 4 is 34.4 Å². The molecule has 34 heavy (non-hydrogen) atoms. The monoisotopic (exact) mass is 472 g/mol. The van der Waals surface area contributed by atoms with Gasteiger partial charge in [-0.1, -0.05) is 30.0 Å². The number of rotatable bonds is 6. The van der Waals surface area contributed by atoms with Gasteiger partial charge in [-0.05, 0) is 36.4 Å². The van der Waals surface area contributed by atoms with Crippen LogP contribution < -0.4 is 9.64 Å². The number of anilines is 1. The Labute approximate surface area is 202 Å². The number of thioether (sulfide) groups is 1. The summed E-state index contributed by atoms with van der Waals surface area (Å²) < 4.78 is 5.21. The number of carbonyl (C=O) groups is 1. The van der Waals surface area contributed by atoms with Crippen molar-refractivity contribution < 1.29 is 9.53 Å². The number of nitrogens with zero attached hydrogens (tertiary/aromatic N) is 6. The summed E-state index contributed by atoms with van der Waals surface area (Å²) in [6.07, 6.45) is 3.21. The fourth-order valence-corrected chi connectivity index (χ4v) is 4.76. The van der Waals surface area contributed by atoms with Crippen LogP contribution in [0, 0.1) is 0 Å². The summed E-state index contributed by atoms with van der Waals surface area (Å²) in [5.41, 5.74) is 2.63. The fraction of sp³-hybridized carbons (Fsp3) is 0.240. The molecule has 172 valence electrons. The molecule has 0 radical (unpaired) electrons. The molecule has 1 saturated heterocycles. The number of hydrogen-bond donors (Lipinski definition) is 0. The third-order valence-corrected chi connectivity index (χ3v) is 6.78. The Hall–Kier alpha value is -3.72. The second-order valence-electron chi connectivity index (χ2n) is 7.83. The van der Waals surface area contributed by atoms with Crippen molar-refractivity contribution in [2.24, 2.45) is 0 Å². The molecule has 0 N–H and O–H groups in total. The average molecular weight is 473 g/mol. The van der Waals surface area contributed by atoms with E-state index in [1.807, 2.05) is 47.4 Å². The lowest BCUT2D eigenvalue weighted by Crippen LogP contribution is -2.49. The number of methoxy groups -OCH3 is 1. The smallest absolute Gasteiger partial charge is 0.233 e. The molecule has 1 fully saturated rings. The standard InChI is InChI=1S/C25H24N6O2S/c1-33-20-9-7-18(8-10-20)23-26-15-21-24(29-23)27-17-28-25(21)34-16-22(32)31-13-11-30(12-14-31)19-5-3-2-4-6-19/h2-10,15,17H,11-14,16H2,1H3. The largest absolute Gasteiger partial charge is 0.497 e. The number of benzene rings is 2. The molecular formula is C25H24N6O2S. The van der Waals surface area contributed by atoms with Crippen LogP contribution >= 0.6 is 11.8 Å². The zero-order valence-corrected chi connectivity index (χ0v) is 19.6. The second kappa shape index (κ2) is 10.0. The average Bonchev–Trinajstić information content (AvgIpc) is 2.92. The Balaban J connectivity index is 1.23. The van der Waals surface area contributed by atoms with E-state index in [9.17, 15) is 4.79 Å². The van der Waals surface area contributed by atoms with Crippen molar-refractivity contribution in [1.29, 1.82) is 0 Å². The summed E-state index contributed by atoms with van der Waals surface area (Å²) in [6.45, 7) is 3.10. The summed E-state index contributed by atoms with van der Waals surface area (Å²) >= 11 is 1.40. The molecule has 2 aromatic heterocycles. The highest BCUT2D eigenvalue weighted by Gasteiger charge is 2.22. The molecule has 8 nitrogen and oxygen atoms in total. The molecule has 0 unspecified atom stereocenters. The predicted molar refractivity (Wildman–Crippen MR) is 133 cm³/mol. The van der Waals surface area contributed by atoms with E-state index < -0.39 is 0 Å². The van der Waals surface area contributed by atoms with Crippen LogP contribution in [0.25, 0.3) is 22.4 Å². The molecule has 1 aliphatic rings. The third-order valence-electron chi connectivity index (χ3n) is 5.79. The molecule has 0 saturated carbocycles. The fourth-order valence-electron chi connectivity index (χ4n) is 3.90. The van der Waals surface area contributed by atoms with Crippen LogP contribution in [0.5, 0.6) is 5.75 Å². The highest BCUT2D eigenvalue weighted by atomic mass is 32.2. The molecule has 2 aromatic carbocycles. The van der Waals surface area contributed by atoms with Crippen molar-refractivity contribution in [3.63, 3.8) is 0 Å². The summed E-state index contributed by atoms with van der Waals surface area (Å²) in [7, 11) is 1.63. The van der Waals surface area contributed by atoms with Crippen LogP contribution in [-0.2, 0) is 4.79 Å². The third kappa shape index (κ3) is 4.79. The van der Waals surface area contributed by atoms with Crippen LogP contribution in [0.15, 0.2) is 72.1 Å². The predicted octanol–water partition coefficient (Wildman–Crippen LogP) is 3.54. The van der Waals surface area contributed by atoms with Crippen molar-refractivity contribution in [3.8, 4) is 17.1 Å². The van der Waals surface area contributed by atoms with E-state index in [4.69, 9.17) is 4.74 Å². The lowest BCUT2D eigenvalue weighted by molar-refractivity contribution is -0.128. The van der Waals surface area contributed by atoms with Crippen LogP contribution in [0.2, 0.25) is 0 Å². The molecule has 0 spiro atoms. The van der Waals surface area contributed by atoms with E-state index >= 15 is 0 Å². The Morgan fingerprint density at radius 3 is 2.47 bits per heavy atom. The van der Waals surface area contributed by atoms with Crippen molar-refractivity contribution in [1.82, 2.24) is 24.8 Å². The maximum atomic E-state index is 12.8. The molecule has 0 aliphatic carbocycles. The Bertz CT molecular complexity index is 1280. The number of aromatic nitrogens is 4. The highest BCUT2D eigenvalue weighted by molar-refractivity contribution is 8.00. The minimum atomic E-state index is 0.111. The number of piperazine rings is 1. The first-order valence-corrected chi connectivity index (χ1v) is 12.0.